The molecule has 0 amide bonds. The van der Waals surface area contributed by atoms with E-state index in [1.807, 2.05) is 43.4 Å². The lowest BCUT2D eigenvalue weighted by Crippen LogP contribution is -2.27. The molecule has 0 spiro atoms. The van der Waals surface area contributed by atoms with Gasteiger partial charge in [0.25, 0.3) is 5.56 Å². The van der Waals surface area contributed by atoms with Gasteiger partial charge in [0, 0.05) is 24.7 Å². The molecule has 0 saturated heterocycles. The van der Waals surface area contributed by atoms with E-state index in [2.05, 4.69) is 19.2 Å². The molecule has 1 aromatic heterocycles. The van der Waals surface area contributed by atoms with Crippen LogP contribution in [0.3, 0.4) is 0 Å². The minimum absolute atomic E-state index is 0.0385. The fourth-order valence-electron chi connectivity index (χ4n) is 2.39. The van der Waals surface area contributed by atoms with Crippen LogP contribution in [0.2, 0.25) is 0 Å². The Morgan fingerprint density at radius 3 is 2.68 bits per heavy atom. The smallest absolute Gasteiger partial charge is 0.255 e. The van der Waals surface area contributed by atoms with Crippen molar-refractivity contribution in [1.82, 2.24) is 9.88 Å². The molecule has 1 heterocycles. The zero-order chi connectivity index (χ0) is 16.1. The number of pyridine rings is 1. The van der Waals surface area contributed by atoms with Gasteiger partial charge in [-0.05, 0) is 30.7 Å². The van der Waals surface area contributed by atoms with E-state index in [9.17, 15) is 4.79 Å². The summed E-state index contributed by atoms with van der Waals surface area (Å²) in [4.78, 5) is 12.5. The van der Waals surface area contributed by atoms with Crippen molar-refractivity contribution in [3.63, 3.8) is 0 Å². The molecule has 1 aromatic carbocycles. The van der Waals surface area contributed by atoms with Crippen molar-refractivity contribution in [2.24, 2.45) is 13.0 Å². The predicted molar refractivity (Wildman–Crippen MR) is 90.2 cm³/mol. The third-order valence-electron chi connectivity index (χ3n) is 3.62. The quantitative estimate of drug-likeness (QED) is 0.892. The molecule has 0 aliphatic carbocycles. The second-order valence-electron chi connectivity index (χ2n) is 5.86. The zero-order valence-electron chi connectivity index (χ0n) is 13.7. The van der Waals surface area contributed by atoms with Crippen LogP contribution >= 0.6 is 0 Å². The maximum absolute atomic E-state index is 12.5. The lowest BCUT2D eigenvalue weighted by Gasteiger charge is -2.12. The molecular formula is C18H24N2O2. The van der Waals surface area contributed by atoms with E-state index in [0.717, 1.165) is 29.1 Å². The highest BCUT2D eigenvalue weighted by Gasteiger charge is 2.08. The molecule has 0 atom stereocenters. The van der Waals surface area contributed by atoms with Gasteiger partial charge in [-0.3, -0.25) is 4.79 Å². The third kappa shape index (κ3) is 3.77. The van der Waals surface area contributed by atoms with Crippen molar-refractivity contribution in [3.8, 4) is 17.0 Å². The fraction of sp³-hybridized carbons (Fsp3) is 0.389. The summed E-state index contributed by atoms with van der Waals surface area (Å²) >= 11 is 0. The van der Waals surface area contributed by atoms with Gasteiger partial charge in [0.05, 0.1) is 12.8 Å². The molecule has 0 bridgehead atoms. The van der Waals surface area contributed by atoms with Crippen LogP contribution in [-0.4, -0.2) is 18.2 Å². The van der Waals surface area contributed by atoms with Gasteiger partial charge in [-0.2, -0.15) is 0 Å². The summed E-state index contributed by atoms with van der Waals surface area (Å²) in [6, 6.07) is 11.6. The molecule has 2 aromatic rings. The SMILES string of the molecule is COc1cccc(-c2ccc(CNCC(C)C)c(=O)n2C)c1. The number of benzene rings is 1. The Morgan fingerprint density at radius 2 is 2.00 bits per heavy atom. The maximum Gasteiger partial charge on any atom is 0.255 e. The second kappa shape index (κ2) is 7.27. The molecule has 0 aliphatic heterocycles. The summed E-state index contributed by atoms with van der Waals surface area (Å²) < 4.78 is 6.94. The highest BCUT2D eigenvalue weighted by molar-refractivity contribution is 5.61. The minimum atomic E-state index is 0.0385. The van der Waals surface area contributed by atoms with Crippen molar-refractivity contribution in [3.05, 3.63) is 52.3 Å². The van der Waals surface area contributed by atoms with Crippen LogP contribution in [0.25, 0.3) is 11.3 Å². The molecule has 118 valence electrons. The number of rotatable bonds is 6. The van der Waals surface area contributed by atoms with Gasteiger partial charge in [0.1, 0.15) is 5.75 Å². The Labute approximate surface area is 131 Å². The number of hydrogen-bond acceptors (Lipinski definition) is 3. The average molecular weight is 300 g/mol. The maximum atomic E-state index is 12.5. The normalized spacial score (nSPS) is 11.0. The van der Waals surface area contributed by atoms with E-state index in [1.54, 1.807) is 11.7 Å². The Hall–Kier alpha value is -2.07. The van der Waals surface area contributed by atoms with Crippen molar-refractivity contribution in [2.45, 2.75) is 20.4 Å². The van der Waals surface area contributed by atoms with E-state index in [0.29, 0.717) is 12.5 Å². The molecule has 4 nitrogen and oxygen atoms in total. The van der Waals surface area contributed by atoms with Gasteiger partial charge in [-0.25, -0.2) is 0 Å². The van der Waals surface area contributed by atoms with E-state index in [4.69, 9.17) is 4.74 Å². The highest BCUT2D eigenvalue weighted by Crippen LogP contribution is 2.22. The van der Waals surface area contributed by atoms with Crippen LogP contribution in [0.15, 0.2) is 41.2 Å². The largest absolute Gasteiger partial charge is 0.497 e. The van der Waals surface area contributed by atoms with Gasteiger partial charge in [-0.15, -0.1) is 0 Å². The minimum Gasteiger partial charge on any atom is -0.497 e. The molecule has 0 unspecified atom stereocenters. The lowest BCUT2D eigenvalue weighted by atomic mass is 10.1. The van der Waals surface area contributed by atoms with Crippen LogP contribution in [0.1, 0.15) is 19.4 Å². The second-order valence-corrected chi connectivity index (χ2v) is 5.86. The van der Waals surface area contributed by atoms with E-state index in [-0.39, 0.29) is 5.56 Å². The standard InChI is InChI=1S/C18H24N2O2/c1-13(2)11-19-12-15-8-9-17(20(3)18(15)21)14-6-5-7-16(10-14)22-4/h5-10,13,19H,11-12H2,1-4H3. The van der Waals surface area contributed by atoms with Gasteiger partial charge in [0.15, 0.2) is 0 Å². The summed E-state index contributed by atoms with van der Waals surface area (Å²) in [5, 5.41) is 3.31. The number of ether oxygens (including phenoxy) is 1. The van der Waals surface area contributed by atoms with E-state index >= 15 is 0 Å². The van der Waals surface area contributed by atoms with Gasteiger partial charge >= 0.3 is 0 Å². The first-order valence-electron chi connectivity index (χ1n) is 7.57. The molecule has 0 saturated carbocycles. The van der Waals surface area contributed by atoms with Gasteiger partial charge in [0.2, 0.25) is 0 Å². The van der Waals surface area contributed by atoms with Crippen LogP contribution < -0.4 is 15.6 Å². The van der Waals surface area contributed by atoms with Gasteiger partial charge in [-0.1, -0.05) is 32.0 Å². The van der Waals surface area contributed by atoms with E-state index < -0.39 is 0 Å². The number of nitrogens with one attached hydrogen (secondary N) is 1. The average Bonchev–Trinajstić information content (AvgIpc) is 2.51. The monoisotopic (exact) mass is 300 g/mol. The van der Waals surface area contributed by atoms with Gasteiger partial charge < -0.3 is 14.6 Å². The number of methoxy groups -OCH3 is 1. The Bertz CT molecular complexity index is 690. The Kier molecular flexibility index (Phi) is 5.39. The first-order valence-corrected chi connectivity index (χ1v) is 7.57. The first-order chi connectivity index (χ1) is 10.5. The van der Waals surface area contributed by atoms with Crippen LogP contribution in [0.5, 0.6) is 5.75 Å². The number of hydrogen-bond donors (Lipinski definition) is 1. The zero-order valence-corrected chi connectivity index (χ0v) is 13.7. The van der Waals surface area contributed by atoms with Crippen molar-refractivity contribution in [2.75, 3.05) is 13.7 Å². The first kappa shape index (κ1) is 16.3. The summed E-state index contributed by atoms with van der Waals surface area (Å²) in [5.74, 6) is 1.35. The van der Waals surface area contributed by atoms with Crippen molar-refractivity contribution < 1.29 is 4.74 Å². The summed E-state index contributed by atoms with van der Waals surface area (Å²) in [7, 11) is 3.45. The molecule has 1 N–H and O–H groups in total. The molecule has 22 heavy (non-hydrogen) atoms. The number of aromatic nitrogens is 1. The molecule has 0 radical (unpaired) electrons. The van der Waals surface area contributed by atoms with Crippen LogP contribution in [0, 0.1) is 5.92 Å². The number of nitrogens with zero attached hydrogens (tertiary/aromatic N) is 1. The van der Waals surface area contributed by atoms with Crippen molar-refractivity contribution >= 4 is 0 Å². The molecule has 0 fully saturated rings. The summed E-state index contributed by atoms with van der Waals surface area (Å²) in [6.07, 6.45) is 0. The molecule has 0 aliphatic rings. The molecule has 4 heteroatoms. The van der Waals surface area contributed by atoms with Crippen LogP contribution in [-0.2, 0) is 13.6 Å². The van der Waals surface area contributed by atoms with Crippen LogP contribution in [0.4, 0.5) is 0 Å². The summed E-state index contributed by atoms with van der Waals surface area (Å²) in [5.41, 5.74) is 2.68. The molecular weight excluding hydrogens is 276 g/mol. The van der Waals surface area contributed by atoms with Crippen molar-refractivity contribution in [1.29, 1.82) is 0 Å². The summed E-state index contributed by atoms with van der Waals surface area (Å²) in [6.45, 7) is 5.80. The van der Waals surface area contributed by atoms with E-state index in [1.165, 1.54) is 0 Å². The fourth-order valence-corrected chi connectivity index (χ4v) is 2.39. The lowest BCUT2D eigenvalue weighted by molar-refractivity contribution is 0.415. The third-order valence-corrected chi connectivity index (χ3v) is 3.62. The Morgan fingerprint density at radius 1 is 1.23 bits per heavy atom. The predicted octanol–water partition coefficient (Wildman–Crippen LogP) is 2.81. The topological polar surface area (TPSA) is 43.3 Å². The molecule has 2 rings (SSSR count). The Balaban J connectivity index is 2.28. The highest BCUT2D eigenvalue weighted by atomic mass is 16.5.